The molecule has 0 spiro atoms. The average Bonchev–Trinajstić information content (AvgIpc) is 2.46. The second kappa shape index (κ2) is 6.86. The summed E-state index contributed by atoms with van der Waals surface area (Å²) < 4.78 is 0. The van der Waals surface area contributed by atoms with Gasteiger partial charge in [-0.05, 0) is 30.5 Å². The van der Waals surface area contributed by atoms with Crippen LogP contribution in [0.3, 0.4) is 0 Å². The second-order valence-electron chi connectivity index (χ2n) is 4.92. The molecule has 106 valence electrons. The van der Waals surface area contributed by atoms with Gasteiger partial charge in [0.25, 0.3) is 0 Å². The lowest BCUT2D eigenvalue weighted by Crippen LogP contribution is -2.21. The Morgan fingerprint density at radius 1 is 1.20 bits per heavy atom. The highest BCUT2D eigenvalue weighted by molar-refractivity contribution is 7.99. The number of nitrogens with two attached hydrogens (primary N) is 1. The monoisotopic (exact) mass is 287 g/mol. The molecule has 20 heavy (non-hydrogen) atoms. The molecule has 3 nitrogen and oxygen atoms in total. The Morgan fingerprint density at radius 3 is 2.50 bits per heavy atom. The molecule has 0 amide bonds. The molecule has 2 rings (SSSR count). The van der Waals surface area contributed by atoms with Crippen molar-refractivity contribution in [1.82, 2.24) is 9.97 Å². The van der Waals surface area contributed by atoms with Gasteiger partial charge in [-0.1, -0.05) is 49.9 Å². The maximum absolute atomic E-state index is 6.34. The first kappa shape index (κ1) is 15.0. The Hall–Kier alpha value is -1.39. The summed E-state index contributed by atoms with van der Waals surface area (Å²) in [5, 5.41) is 1.02. The lowest BCUT2D eigenvalue weighted by Gasteiger charge is -2.19. The van der Waals surface area contributed by atoms with Gasteiger partial charge in [-0.3, -0.25) is 0 Å². The van der Waals surface area contributed by atoms with Crippen molar-refractivity contribution in [3.8, 4) is 0 Å². The van der Waals surface area contributed by atoms with Gasteiger partial charge < -0.3 is 5.73 Å². The van der Waals surface area contributed by atoms with Crippen LogP contribution in [0.2, 0.25) is 0 Å². The zero-order chi connectivity index (χ0) is 14.5. The van der Waals surface area contributed by atoms with Crippen molar-refractivity contribution in [3.05, 3.63) is 53.3 Å². The quantitative estimate of drug-likeness (QED) is 0.675. The topological polar surface area (TPSA) is 51.8 Å². The molecule has 2 unspecified atom stereocenters. The zero-order valence-corrected chi connectivity index (χ0v) is 13.0. The molecule has 2 atom stereocenters. The molecule has 0 fully saturated rings. The van der Waals surface area contributed by atoms with Gasteiger partial charge in [-0.2, -0.15) is 0 Å². The molecule has 4 heteroatoms. The van der Waals surface area contributed by atoms with E-state index >= 15 is 0 Å². The van der Waals surface area contributed by atoms with E-state index in [0.717, 1.165) is 22.8 Å². The molecule has 0 aliphatic heterocycles. The van der Waals surface area contributed by atoms with E-state index in [2.05, 4.69) is 48.1 Å². The van der Waals surface area contributed by atoms with Gasteiger partial charge in [0.15, 0.2) is 5.16 Å². The molecule has 1 aromatic heterocycles. The summed E-state index contributed by atoms with van der Waals surface area (Å²) in [6.45, 7) is 6.25. The lowest BCUT2D eigenvalue weighted by molar-refractivity contribution is 0.711. The minimum absolute atomic E-state index is 0.0185. The van der Waals surface area contributed by atoms with Crippen molar-refractivity contribution in [2.45, 2.75) is 43.6 Å². The maximum atomic E-state index is 6.34. The van der Waals surface area contributed by atoms with Gasteiger partial charge in [0, 0.05) is 23.2 Å². The van der Waals surface area contributed by atoms with E-state index in [1.165, 1.54) is 5.56 Å². The van der Waals surface area contributed by atoms with Gasteiger partial charge >= 0.3 is 0 Å². The molecular weight excluding hydrogens is 266 g/mol. The van der Waals surface area contributed by atoms with E-state index in [1.54, 1.807) is 18.0 Å². The molecule has 2 N–H and O–H groups in total. The van der Waals surface area contributed by atoms with E-state index < -0.39 is 0 Å². The average molecular weight is 287 g/mol. The van der Waals surface area contributed by atoms with Crippen LogP contribution < -0.4 is 5.73 Å². The number of aromatic nitrogens is 2. The van der Waals surface area contributed by atoms with Gasteiger partial charge in [0.05, 0.1) is 0 Å². The zero-order valence-electron chi connectivity index (χ0n) is 12.2. The molecule has 1 aromatic carbocycles. The van der Waals surface area contributed by atoms with Crippen LogP contribution in [0.25, 0.3) is 0 Å². The summed E-state index contributed by atoms with van der Waals surface area (Å²) in [4.78, 5) is 8.69. The van der Waals surface area contributed by atoms with Crippen LogP contribution >= 0.6 is 11.8 Å². The maximum Gasteiger partial charge on any atom is 0.188 e. The van der Waals surface area contributed by atoms with E-state index in [0.29, 0.717) is 0 Å². The van der Waals surface area contributed by atoms with Gasteiger partial charge in [-0.15, -0.1) is 0 Å². The van der Waals surface area contributed by atoms with Crippen molar-refractivity contribution in [2.24, 2.45) is 5.73 Å². The molecule has 0 aliphatic carbocycles. The highest BCUT2D eigenvalue weighted by Gasteiger charge is 2.17. The Morgan fingerprint density at radius 2 is 1.90 bits per heavy atom. The van der Waals surface area contributed by atoms with Crippen molar-refractivity contribution in [1.29, 1.82) is 0 Å². The normalized spacial score (nSPS) is 14.0. The Kier molecular flexibility index (Phi) is 5.15. The molecule has 2 aromatic rings. The third kappa shape index (κ3) is 3.81. The smallest absolute Gasteiger partial charge is 0.188 e. The lowest BCUT2D eigenvalue weighted by atomic mass is 10.0. The number of rotatable bonds is 5. The van der Waals surface area contributed by atoms with Crippen molar-refractivity contribution in [2.75, 3.05) is 0 Å². The van der Waals surface area contributed by atoms with Crippen molar-refractivity contribution in [3.63, 3.8) is 0 Å². The number of benzene rings is 1. The summed E-state index contributed by atoms with van der Waals surface area (Å²) >= 11 is 1.62. The van der Waals surface area contributed by atoms with E-state index in [4.69, 9.17) is 5.73 Å². The third-order valence-electron chi connectivity index (χ3n) is 3.34. The molecule has 0 saturated carbocycles. The van der Waals surface area contributed by atoms with Gasteiger partial charge in [-0.25, -0.2) is 9.97 Å². The van der Waals surface area contributed by atoms with E-state index in [-0.39, 0.29) is 11.3 Å². The predicted octanol–water partition coefficient (Wildman–Crippen LogP) is 3.53. The molecular formula is C16H21N3S. The Labute approximate surface area is 125 Å². The molecule has 0 saturated heterocycles. The largest absolute Gasteiger partial charge is 0.323 e. The summed E-state index contributed by atoms with van der Waals surface area (Å²) in [6.07, 6.45) is 2.84. The first-order valence-corrected chi connectivity index (χ1v) is 7.79. The van der Waals surface area contributed by atoms with Crippen molar-refractivity contribution < 1.29 is 0 Å². The van der Waals surface area contributed by atoms with Crippen molar-refractivity contribution >= 4 is 11.8 Å². The van der Waals surface area contributed by atoms with Gasteiger partial charge in [0.1, 0.15) is 0 Å². The number of hydrogen-bond donors (Lipinski definition) is 1. The van der Waals surface area contributed by atoms with Crippen LogP contribution in [0, 0.1) is 6.92 Å². The van der Waals surface area contributed by atoms with E-state index in [1.807, 2.05) is 13.0 Å². The SMILES string of the molecule is CCc1ccc(C(N)C(C)Sc2nccc(C)n2)cc1. The van der Waals surface area contributed by atoms with Crippen LogP contribution in [-0.2, 0) is 6.42 Å². The second-order valence-corrected chi connectivity index (χ2v) is 6.27. The third-order valence-corrected chi connectivity index (χ3v) is 4.42. The fourth-order valence-electron chi connectivity index (χ4n) is 1.97. The summed E-state index contributed by atoms with van der Waals surface area (Å²) in [6, 6.07) is 10.4. The van der Waals surface area contributed by atoms with Crippen LogP contribution in [0.5, 0.6) is 0 Å². The number of nitrogens with zero attached hydrogens (tertiary/aromatic N) is 2. The summed E-state index contributed by atoms with van der Waals surface area (Å²) in [7, 11) is 0. The first-order chi connectivity index (χ1) is 9.60. The number of aryl methyl sites for hydroxylation is 2. The van der Waals surface area contributed by atoms with E-state index in [9.17, 15) is 0 Å². The highest BCUT2D eigenvalue weighted by Crippen LogP contribution is 2.28. The Balaban J connectivity index is 2.05. The molecule has 0 radical (unpaired) electrons. The number of hydrogen-bond acceptors (Lipinski definition) is 4. The molecule has 0 aliphatic rings. The number of thioether (sulfide) groups is 1. The summed E-state index contributed by atoms with van der Waals surface area (Å²) in [5.74, 6) is 0. The van der Waals surface area contributed by atoms with Crippen LogP contribution in [0.1, 0.15) is 36.7 Å². The van der Waals surface area contributed by atoms with Gasteiger partial charge in [0.2, 0.25) is 0 Å². The van der Waals surface area contributed by atoms with Crippen LogP contribution in [0.15, 0.2) is 41.7 Å². The minimum Gasteiger partial charge on any atom is -0.323 e. The van der Waals surface area contributed by atoms with Crippen LogP contribution in [-0.4, -0.2) is 15.2 Å². The Bertz CT molecular complexity index is 554. The predicted molar refractivity (Wildman–Crippen MR) is 84.8 cm³/mol. The fraction of sp³-hybridized carbons (Fsp3) is 0.375. The summed E-state index contributed by atoms with van der Waals surface area (Å²) in [5.41, 5.74) is 9.82. The highest BCUT2D eigenvalue weighted by atomic mass is 32.2. The standard InChI is InChI=1S/C16H21N3S/c1-4-13-5-7-14(8-6-13)15(17)12(3)20-16-18-10-9-11(2)19-16/h5-10,12,15H,4,17H2,1-3H3. The molecule has 0 bridgehead atoms. The molecule has 1 heterocycles. The minimum atomic E-state index is -0.0185. The van der Waals surface area contributed by atoms with Crippen LogP contribution in [0.4, 0.5) is 0 Å². The first-order valence-electron chi connectivity index (χ1n) is 6.91. The fourth-order valence-corrected chi connectivity index (χ4v) is 2.92.